The third-order valence-electron chi connectivity index (χ3n) is 6.10. The Balaban J connectivity index is 1.87. The first-order valence-corrected chi connectivity index (χ1v) is 11.0. The minimum atomic E-state index is -0.525. The van der Waals surface area contributed by atoms with Gasteiger partial charge in [-0.25, -0.2) is 4.79 Å². The average Bonchev–Trinajstić information content (AvgIpc) is 3.17. The molecule has 0 unspecified atom stereocenters. The van der Waals surface area contributed by atoms with E-state index in [-0.39, 0.29) is 10.6 Å². The highest BCUT2D eigenvalue weighted by Gasteiger charge is 2.21. The standard InChI is InChI=1S/C28H21N3O4/c1-4-30-25-14-13-19(27(29-35-18(3)32)20-10-6-5-9-17(20)2)15-23(25)24-16-26(31(33)34)21-11-7-8-12-22(21)28(24)30/h4-16H,1H2,2-3H3/b29-27-. The number of carbonyl (C=O) groups excluding carboxylic acids is 1. The molecule has 0 saturated carbocycles. The van der Waals surface area contributed by atoms with E-state index >= 15 is 0 Å². The molecule has 0 aliphatic carbocycles. The maximum absolute atomic E-state index is 11.9. The van der Waals surface area contributed by atoms with Crippen molar-refractivity contribution in [1.29, 1.82) is 0 Å². The van der Waals surface area contributed by atoms with Crippen molar-refractivity contribution in [2.24, 2.45) is 5.16 Å². The molecule has 4 aromatic carbocycles. The van der Waals surface area contributed by atoms with Gasteiger partial charge in [0.05, 0.1) is 21.3 Å². The molecule has 1 heterocycles. The van der Waals surface area contributed by atoms with E-state index in [0.717, 1.165) is 38.3 Å². The lowest BCUT2D eigenvalue weighted by Gasteiger charge is -2.10. The Morgan fingerprint density at radius 1 is 1.00 bits per heavy atom. The van der Waals surface area contributed by atoms with Crippen LogP contribution in [0.5, 0.6) is 0 Å². The first kappa shape index (κ1) is 22.0. The third kappa shape index (κ3) is 3.63. The Labute approximate surface area is 200 Å². The van der Waals surface area contributed by atoms with E-state index in [1.165, 1.54) is 6.92 Å². The molecule has 1 aromatic heterocycles. The van der Waals surface area contributed by atoms with Gasteiger partial charge >= 0.3 is 5.97 Å². The minimum absolute atomic E-state index is 0.0364. The highest BCUT2D eigenvalue weighted by atomic mass is 16.7. The number of carbonyl (C=O) groups is 1. The molecule has 0 radical (unpaired) electrons. The Morgan fingerprint density at radius 3 is 2.40 bits per heavy atom. The smallest absolute Gasteiger partial charge is 0.318 e. The largest absolute Gasteiger partial charge is 0.332 e. The molecule has 5 aromatic rings. The molecular formula is C28H21N3O4. The summed E-state index contributed by atoms with van der Waals surface area (Å²) in [5, 5.41) is 19.0. The van der Waals surface area contributed by atoms with E-state index in [4.69, 9.17) is 4.84 Å². The monoisotopic (exact) mass is 463 g/mol. The van der Waals surface area contributed by atoms with Gasteiger partial charge in [0.25, 0.3) is 5.69 Å². The lowest BCUT2D eigenvalue weighted by molar-refractivity contribution is -0.382. The van der Waals surface area contributed by atoms with Crippen molar-refractivity contribution in [3.8, 4) is 0 Å². The summed E-state index contributed by atoms with van der Waals surface area (Å²) >= 11 is 0. The summed E-state index contributed by atoms with van der Waals surface area (Å²) in [7, 11) is 0. The fourth-order valence-electron chi connectivity index (χ4n) is 4.58. The lowest BCUT2D eigenvalue weighted by atomic mass is 9.96. The van der Waals surface area contributed by atoms with Crippen molar-refractivity contribution < 1.29 is 14.6 Å². The molecule has 0 N–H and O–H groups in total. The number of nitro benzene ring substituents is 1. The number of nitro groups is 1. The summed E-state index contributed by atoms with van der Waals surface area (Å²) < 4.78 is 1.94. The number of aryl methyl sites for hydroxylation is 1. The summed E-state index contributed by atoms with van der Waals surface area (Å²) in [6.07, 6.45) is 1.71. The van der Waals surface area contributed by atoms with Gasteiger partial charge in [0.15, 0.2) is 0 Å². The van der Waals surface area contributed by atoms with Crippen molar-refractivity contribution in [3.05, 3.63) is 106 Å². The van der Waals surface area contributed by atoms with Crippen LogP contribution in [0.1, 0.15) is 23.6 Å². The molecule has 0 saturated heterocycles. The quantitative estimate of drug-likeness (QED) is 0.127. The molecule has 0 amide bonds. The van der Waals surface area contributed by atoms with Gasteiger partial charge in [-0.2, -0.15) is 0 Å². The highest BCUT2D eigenvalue weighted by Crippen LogP contribution is 2.39. The van der Waals surface area contributed by atoms with E-state index < -0.39 is 5.97 Å². The van der Waals surface area contributed by atoms with E-state index in [1.54, 1.807) is 24.4 Å². The Bertz CT molecular complexity index is 1710. The van der Waals surface area contributed by atoms with E-state index in [9.17, 15) is 14.9 Å². The topological polar surface area (TPSA) is 86.7 Å². The number of oxime groups is 1. The van der Waals surface area contributed by atoms with Gasteiger partial charge in [-0.05, 0) is 30.7 Å². The SMILES string of the molecule is C=Cn1c2ccc(/C(=N/OC(C)=O)c3ccccc3C)cc2c2cc([N+](=O)[O-])c3ccccc3c21. The summed E-state index contributed by atoms with van der Waals surface area (Å²) in [5.41, 5.74) is 4.71. The number of hydrogen-bond acceptors (Lipinski definition) is 5. The summed E-state index contributed by atoms with van der Waals surface area (Å²) in [5.74, 6) is -0.525. The molecule has 172 valence electrons. The normalized spacial score (nSPS) is 11.8. The number of benzene rings is 4. The predicted octanol–water partition coefficient (Wildman–Crippen LogP) is 6.58. The number of rotatable bonds is 5. The van der Waals surface area contributed by atoms with Crippen LogP contribution in [0.3, 0.4) is 0 Å². The van der Waals surface area contributed by atoms with Gasteiger partial charge in [-0.3, -0.25) is 10.1 Å². The summed E-state index contributed by atoms with van der Waals surface area (Å²) in [6.45, 7) is 7.23. The molecule has 0 aliphatic rings. The van der Waals surface area contributed by atoms with Crippen LogP contribution in [0.25, 0.3) is 38.8 Å². The fourth-order valence-corrected chi connectivity index (χ4v) is 4.58. The van der Waals surface area contributed by atoms with Gasteiger partial charge in [0.1, 0.15) is 5.71 Å². The second-order valence-corrected chi connectivity index (χ2v) is 8.22. The first-order valence-electron chi connectivity index (χ1n) is 11.0. The molecule has 0 aliphatic heterocycles. The van der Waals surface area contributed by atoms with Gasteiger partial charge in [0, 0.05) is 46.5 Å². The van der Waals surface area contributed by atoms with E-state index in [1.807, 2.05) is 66.1 Å². The molecule has 0 fully saturated rings. The zero-order valence-corrected chi connectivity index (χ0v) is 19.2. The van der Waals surface area contributed by atoms with Crippen LogP contribution in [-0.2, 0) is 9.63 Å². The van der Waals surface area contributed by atoms with Crippen molar-refractivity contribution in [2.45, 2.75) is 13.8 Å². The average molecular weight is 463 g/mol. The predicted molar refractivity (Wildman–Crippen MR) is 139 cm³/mol. The summed E-state index contributed by atoms with van der Waals surface area (Å²) in [4.78, 5) is 28.2. The van der Waals surface area contributed by atoms with Gasteiger partial charge in [-0.15, -0.1) is 0 Å². The molecule has 5 rings (SSSR count). The van der Waals surface area contributed by atoms with Crippen LogP contribution in [0.15, 0.2) is 84.5 Å². The van der Waals surface area contributed by atoms with E-state index in [2.05, 4.69) is 11.7 Å². The maximum Gasteiger partial charge on any atom is 0.332 e. The van der Waals surface area contributed by atoms with Crippen molar-refractivity contribution >= 4 is 56.1 Å². The van der Waals surface area contributed by atoms with Crippen LogP contribution in [0.2, 0.25) is 0 Å². The zero-order chi connectivity index (χ0) is 24.7. The van der Waals surface area contributed by atoms with Gasteiger partial charge in [-0.1, -0.05) is 60.3 Å². The minimum Gasteiger partial charge on any atom is -0.318 e. The molecule has 7 heteroatoms. The molecule has 7 nitrogen and oxygen atoms in total. The number of aromatic nitrogens is 1. The molecule has 35 heavy (non-hydrogen) atoms. The molecule has 0 atom stereocenters. The Morgan fingerprint density at radius 2 is 1.71 bits per heavy atom. The molecule has 0 spiro atoms. The maximum atomic E-state index is 11.9. The zero-order valence-electron chi connectivity index (χ0n) is 19.2. The van der Waals surface area contributed by atoms with Crippen LogP contribution in [0, 0.1) is 17.0 Å². The molecule has 0 bridgehead atoms. The second-order valence-electron chi connectivity index (χ2n) is 8.22. The second kappa shape index (κ2) is 8.53. The van der Waals surface area contributed by atoms with Crippen molar-refractivity contribution in [2.75, 3.05) is 0 Å². The number of hydrogen-bond donors (Lipinski definition) is 0. The van der Waals surface area contributed by atoms with Crippen LogP contribution in [-0.4, -0.2) is 21.2 Å². The number of nitrogens with zero attached hydrogens (tertiary/aromatic N) is 3. The van der Waals surface area contributed by atoms with Crippen molar-refractivity contribution in [3.63, 3.8) is 0 Å². The summed E-state index contributed by atoms with van der Waals surface area (Å²) in [6, 6.07) is 22.3. The number of fused-ring (bicyclic) bond motifs is 5. The van der Waals surface area contributed by atoms with Gasteiger partial charge in [0.2, 0.25) is 0 Å². The first-order chi connectivity index (χ1) is 16.9. The van der Waals surface area contributed by atoms with Gasteiger partial charge < -0.3 is 9.40 Å². The molecular weight excluding hydrogens is 442 g/mol. The van der Waals surface area contributed by atoms with Crippen LogP contribution >= 0.6 is 0 Å². The third-order valence-corrected chi connectivity index (χ3v) is 6.10. The van der Waals surface area contributed by atoms with Crippen LogP contribution in [0.4, 0.5) is 5.69 Å². The van der Waals surface area contributed by atoms with Crippen LogP contribution < -0.4 is 0 Å². The Kier molecular flexibility index (Phi) is 5.37. The Hall–Kier alpha value is -4.78. The highest BCUT2D eigenvalue weighted by molar-refractivity contribution is 6.23. The lowest BCUT2D eigenvalue weighted by Crippen LogP contribution is -2.08. The number of non-ortho nitro benzene ring substituents is 1. The van der Waals surface area contributed by atoms with E-state index in [0.29, 0.717) is 16.7 Å². The fraction of sp³-hybridized carbons (Fsp3) is 0.0714. The van der Waals surface area contributed by atoms with Crippen molar-refractivity contribution in [1.82, 2.24) is 4.57 Å².